The first kappa shape index (κ1) is 15.9. The molecule has 0 spiro atoms. The molecule has 1 fully saturated rings. The molecule has 3 heterocycles. The van der Waals surface area contributed by atoms with Gasteiger partial charge in [-0.2, -0.15) is 4.98 Å². The van der Waals surface area contributed by atoms with Crippen molar-refractivity contribution >= 4 is 0 Å². The Bertz CT molecular complexity index is 819. The molecule has 0 unspecified atom stereocenters. The van der Waals surface area contributed by atoms with Crippen molar-refractivity contribution in [1.82, 2.24) is 20.0 Å². The summed E-state index contributed by atoms with van der Waals surface area (Å²) in [6.45, 7) is 1.71. The highest BCUT2D eigenvalue weighted by Crippen LogP contribution is 2.32. The number of rotatable bonds is 4. The molecule has 1 aliphatic heterocycles. The van der Waals surface area contributed by atoms with Gasteiger partial charge in [-0.25, -0.2) is 4.39 Å². The normalized spacial score (nSPS) is 18.4. The summed E-state index contributed by atoms with van der Waals surface area (Å²) in [5, 5.41) is 4.11. The molecule has 1 saturated heterocycles. The van der Waals surface area contributed by atoms with E-state index in [2.05, 4.69) is 20.0 Å². The topological polar surface area (TPSA) is 55.1 Å². The molecule has 6 heteroatoms. The highest BCUT2D eigenvalue weighted by molar-refractivity contribution is 5.51. The number of aromatic nitrogens is 3. The third-order valence-corrected chi connectivity index (χ3v) is 4.56. The van der Waals surface area contributed by atoms with Crippen LogP contribution in [-0.2, 0) is 6.54 Å². The van der Waals surface area contributed by atoms with E-state index in [9.17, 15) is 4.39 Å². The number of piperidine rings is 1. The zero-order valence-corrected chi connectivity index (χ0v) is 13.8. The Hall–Kier alpha value is -2.60. The Morgan fingerprint density at radius 1 is 1.16 bits per heavy atom. The summed E-state index contributed by atoms with van der Waals surface area (Å²) < 4.78 is 18.7. The van der Waals surface area contributed by atoms with Crippen molar-refractivity contribution in [3.63, 3.8) is 0 Å². The van der Waals surface area contributed by atoms with E-state index in [1.165, 1.54) is 12.1 Å². The minimum Gasteiger partial charge on any atom is -0.337 e. The van der Waals surface area contributed by atoms with Gasteiger partial charge in [0.2, 0.25) is 11.7 Å². The molecule has 128 valence electrons. The van der Waals surface area contributed by atoms with Crippen molar-refractivity contribution in [3.8, 4) is 11.4 Å². The van der Waals surface area contributed by atoms with E-state index in [0.717, 1.165) is 43.5 Å². The largest absolute Gasteiger partial charge is 0.337 e. The molecule has 0 bridgehead atoms. The lowest BCUT2D eigenvalue weighted by Crippen LogP contribution is -2.33. The molecule has 1 atom stereocenters. The van der Waals surface area contributed by atoms with Crippen molar-refractivity contribution in [1.29, 1.82) is 0 Å². The molecule has 0 aliphatic carbocycles. The minimum absolute atomic E-state index is 0.0942. The van der Waals surface area contributed by atoms with Crippen LogP contribution >= 0.6 is 0 Å². The van der Waals surface area contributed by atoms with Gasteiger partial charge in [-0.05, 0) is 49.2 Å². The second-order valence-corrected chi connectivity index (χ2v) is 6.31. The molecule has 0 saturated carbocycles. The Morgan fingerprint density at radius 2 is 2.04 bits per heavy atom. The average Bonchev–Trinajstić information content (AvgIpc) is 3.15. The zero-order valence-electron chi connectivity index (χ0n) is 13.8. The fourth-order valence-electron chi connectivity index (χ4n) is 3.27. The van der Waals surface area contributed by atoms with Crippen LogP contribution in [-0.4, -0.2) is 26.6 Å². The third kappa shape index (κ3) is 3.58. The number of benzene rings is 1. The monoisotopic (exact) mass is 338 g/mol. The second kappa shape index (κ2) is 7.11. The summed E-state index contributed by atoms with van der Waals surface area (Å²) in [5.74, 6) is 0.994. The fourth-order valence-corrected chi connectivity index (χ4v) is 3.27. The van der Waals surface area contributed by atoms with Gasteiger partial charge in [0, 0.05) is 24.5 Å². The summed E-state index contributed by atoms with van der Waals surface area (Å²) in [7, 11) is 0. The summed E-state index contributed by atoms with van der Waals surface area (Å²) in [6, 6.07) is 10.5. The summed E-state index contributed by atoms with van der Waals surface area (Å²) >= 11 is 0. The quantitative estimate of drug-likeness (QED) is 0.720. The van der Waals surface area contributed by atoms with E-state index in [-0.39, 0.29) is 11.9 Å². The van der Waals surface area contributed by atoms with Gasteiger partial charge in [0.25, 0.3) is 0 Å². The van der Waals surface area contributed by atoms with Crippen molar-refractivity contribution in [2.24, 2.45) is 0 Å². The smallest absolute Gasteiger partial charge is 0.244 e. The van der Waals surface area contributed by atoms with Crippen LogP contribution in [0, 0.1) is 5.82 Å². The molecule has 0 radical (unpaired) electrons. The molecule has 1 aromatic carbocycles. The van der Waals surface area contributed by atoms with Gasteiger partial charge < -0.3 is 4.52 Å². The van der Waals surface area contributed by atoms with E-state index in [0.29, 0.717) is 11.7 Å². The zero-order chi connectivity index (χ0) is 17.1. The molecular weight excluding hydrogens is 319 g/mol. The standard InChI is InChI=1S/C19H19FN4O/c20-16-8-6-14(7-9-16)13-24-11-2-1-5-17(24)19-22-18(23-25-19)15-4-3-10-21-12-15/h3-4,6-10,12,17H,1-2,5,11,13H2/t17-/m0/s1. The Kier molecular flexibility index (Phi) is 4.52. The fraction of sp³-hybridized carbons (Fsp3) is 0.316. The van der Waals surface area contributed by atoms with Gasteiger partial charge in [0.05, 0.1) is 6.04 Å². The van der Waals surface area contributed by atoms with E-state index < -0.39 is 0 Å². The molecule has 4 rings (SSSR count). The lowest BCUT2D eigenvalue weighted by Gasteiger charge is -2.33. The average molecular weight is 338 g/mol. The van der Waals surface area contributed by atoms with Crippen LogP contribution in [0.3, 0.4) is 0 Å². The Labute approximate surface area is 145 Å². The van der Waals surface area contributed by atoms with Crippen molar-refractivity contribution in [2.75, 3.05) is 6.54 Å². The maximum Gasteiger partial charge on any atom is 0.244 e. The van der Waals surface area contributed by atoms with Gasteiger partial charge in [-0.1, -0.05) is 23.7 Å². The molecular formula is C19H19FN4O. The van der Waals surface area contributed by atoms with Crippen molar-refractivity contribution in [2.45, 2.75) is 31.8 Å². The summed E-state index contributed by atoms with van der Waals surface area (Å²) in [4.78, 5) is 11.0. The number of hydrogen-bond donors (Lipinski definition) is 0. The van der Waals surface area contributed by atoms with Crippen molar-refractivity contribution in [3.05, 3.63) is 66.1 Å². The molecule has 5 nitrogen and oxygen atoms in total. The number of pyridine rings is 1. The maximum absolute atomic E-state index is 13.1. The molecule has 0 N–H and O–H groups in total. The van der Waals surface area contributed by atoms with Crippen LogP contribution in [0.15, 0.2) is 53.3 Å². The highest BCUT2D eigenvalue weighted by atomic mass is 19.1. The number of likely N-dealkylation sites (tertiary alicyclic amines) is 1. The second-order valence-electron chi connectivity index (χ2n) is 6.31. The molecule has 2 aromatic heterocycles. The molecule has 1 aliphatic rings. The first-order chi connectivity index (χ1) is 12.3. The molecule has 3 aromatic rings. The predicted octanol–water partition coefficient (Wildman–Crippen LogP) is 4.00. The lowest BCUT2D eigenvalue weighted by atomic mass is 10.0. The van der Waals surface area contributed by atoms with Gasteiger partial charge in [0.1, 0.15) is 5.82 Å². The number of hydrogen-bond acceptors (Lipinski definition) is 5. The number of halogens is 1. The molecule has 25 heavy (non-hydrogen) atoms. The minimum atomic E-state index is -0.211. The molecule has 0 amide bonds. The first-order valence-corrected chi connectivity index (χ1v) is 8.52. The van der Waals surface area contributed by atoms with Crippen molar-refractivity contribution < 1.29 is 8.91 Å². The Balaban J connectivity index is 1.55. The predicted molar refractivity (Wildman–Crippen MR) is 90.9 cm³/mol. The highest BCUT2D eigenvalue weighted by Gasteiger charge is 2.29. The van der Waals surface area contributed by atoms with Crippen LogP contribution in [0.2, 0.25) is 0 Å². The summed E-state index contributed by atoms with van der Waals surface area (Å²) in [6.07, 6.45) is 6.70. The van der Waals surface area contributed by atoms with Crippen LogP contribution in [0.5, 0.6) is 0 Å². The SMILES string of the molecule is Fc1ccc(CN2CCCC[C@H]2c2nc(-c3cccnc3)no2)cc1. The first-order valence-electron chi connectivity index (χ1n) is 8.52. The van der Waals surface area contributed by atoms with Gasteiger partial charge >= 0.3 is 0 Å². The number of nitrogens with zero attached hydrogens (tertiary/aromatic N) is 4. The maximum atomic E-state index is 13.1. The van der Waals surface area contributed by atoms with E-state index in [1.807, 2.05) is 24.3 Å². The van der Waals surface area contributed by atoms with Gasteiger partial charge in [-0.15, -0.1) is 0 Å². The summed E-state index contributed by atoms with van der Waals surface area (Å²) in [5.41, 5.74) is 1.93. The third-order valence-electron chi connectivity index (χ3n) is 4.56. The lowest BCUT2D eigenvalue weighted by molar-refractivity contribution is 0.111. The van der Waals surface area contributed by atoms with E-state index >= 15 is 0 Å². The van der Waals surface area contributed by atoms with Gasteiger partial charge in [-0.3, -0.25) is 9.88 Å². The van der Waals surface area contributed by atoms with Crippen LogP contribution in [0.25, 0.3) is 11.4 Å². The van der Waals surface area contributed by atoms with Crippen LogP contribution in [0.1, 0.15) is 36.8 Å². The van der Waals surface area contributed by atoms with E-state index in [1.54, 1.807) is 12.4 Å². The van der Waals surface area contributed by atoms with Crippen LogP contribution < -0.4 is 0 Å². The van der Waals surface area contributed by atoms with E-state index in [4.69, 9.17) is 4.52 Å². The van der Waals surface area contributed by atoms with Gasteiger partial charge in [0.15, 0.2) is 0 Å². The Morgan fingerprint density at radius 3 is 2.84 bits per heavy atom. The van der Waals surface area contributed by atoms with Crippen LogP contribution in [0.4, 0.5) is 4.39 Å².